The highest BCUT2D eigenvalue weighted by molar-refractivity contribution is 9.10. The molecule has 0 aliphatic heterocycles. The largest absolute Gasteiger partial charge is 0.457 e. The first kappa shape index (κ1) is 39.8. The number of hydrogen-bond donors (Lipinski definition) is 0. The number of carbonyl (C=O) groups is 1. The lowest BCUT2D eigenvalue weighted by atomic mass is 10.1. The molecule has 0 amide bonds. The summed E-state index contributed by atoms with van der Waals surface area (Å²) in [5.41, 5.74) is -0.236. The summed E-state index contributed by atoms with van der Waals surface area (Å²) in [5.74, 6) is 0.289. The number of allylic oxidation sites excluding steroid dienone is 1. The van der Waals surface area contributed by atoms with Gasteiger partial charge in [0.1, 0.15) is 40.6 Å². The molecule has 0 spiro atoms. The van der Waals surface area contributed by atoms with Gasteiger partial charge < -0.3 is 18.8 Å². The van der Waals surface area contributed by atoms with Crippen LogP contribution in [0.15, 0.2) is 93.9 Å². The van der Waals surface area contributed by atoms with E-state index in [9.17, 15) is 28.5 Å². The predicted octanol–water partition coefficient (Wildman–Crippen LogP) is 11.6. The zero-order chi connectivity index (χ0) is 37.5. The molecular weight excluding hydrogens is 794 g/mol. The minimum Gasteiger partial charge on any atom is -0.457 e. The normalized spacial score (nSPS) is 16.4. The van der Waals surface area contributed by atoms with E-state index in [0.29, 0.717) is 27.6 Å². The third-order valence-electron chi connectivity index (χ3n) is 8.09. The fourth-order valence-corrected chi connectivity index (χ4v) is 6.60. The minimum atomic E-state index is -4.63. The second-order valence-electron chi connectivity index (χ2n) is 11.8. The van der Waals surface area contributed by atoms with E-state index in [0.717, 1.165) is 4.57 Å². The summed E-state index contributed by atoms with van der Waals surface area (Å²) >= 11 is 20.2. The van der Waals surface area contributed by atoms with Crippen molar-refractivity contribution < 1.29 is 32.2 Å². The number of alkyl halides is 3. The smallest absolute Gasteiger partial charge is 0.432 e. The van der Waals surface area contributed by atoms with Gasteiger partial charge in [0.15, 0.2) is 0 Å². The number of rotatable bonds is 10. The number of aromatic nitrogens is 1. The molecule has 1 heterocycles. The molecule has 1 fully saturated rings. The van der Waals surface area contributed by atoms with Gasteiger partial charge in [0, 0.05) is 17.2 Å². The average Bonchev–Trinajstić information content (AvgIpc) is 3.48. The lowest BCUT2D eigenvalue weighted by molar-refractivity contribution is -0.149. The van der Waals surface area contributed by atoms with Crippen LogP contribution < -0.4 is 4.74 Å². The van der Waals surface area contributed by atoms with Crippen LogP contribution in [0.2, 0.25) is 5.02 Å². The number of halogens is 7. The van der Waals surface area contributed by atoms with Crippen LogP contribution in [0.4, 0.5) is 13.2 Å². The van der Waals surface area contributed by atoms with Gasteiger partial charge >= 0.3 is 12.1 Å². The molecule has 4 aromatic rings. The highest BCUT2D eigenvalue weighted by atomic mass is 79.9. The van der Waals surface area contributed by atoms with Gasteiger partial charge in [-0.15, -0.1) is 0 Å². The third-order valence-corrected chi connectivity index (χ3v) is 9.36. The minimum absolute atomic E-state index is 0.0978. The Morgan fingerprint density at radius 3 is 2.25 bits per heavy atom. The molecule has 0 bridgehead atoms. The molecule has 3 aromatic carbocycles. The predicted molar refractivity (Wildman–Crippen MR) is 192 cm³/mol. The summed E-state index contributed by atoms with van der Waals surface area (Å²) < 4.78 is 57.4. The van der Waals surface area contributed by atoms with Crippen molar-refractivity contribution >= 4 is 56.7 Å². The van der Waals surface area contributed by atoms with Crippen molar-refractivity contribution in [2.45, 2.75) is 39.8 Å². The van der Waals surface area contributed by atoms with Gasteiger partial charge in [-0.3, -0.25) is 4.79 Å². The Kier molecular flexibility index (Phi) is 13.3. The maximum Gasteiger partial charge on any atom is 0.432 e. The molecule has 1 saturated carbocycles. The van der Waals surface area contributed by atoms with Crippen molar-refractivity contribution in [3.8, 4) is 34.9 Å². The van der Waals surface area contributed by atoms with Crippen molar-refractivity contribution in [3.63, 3.8) is 0 Å². The van der Waals surface area contributed by atoms with Crippen molar-refractivity contribution in [3.05, 3.63) is 116 Å². The van der Waals surface area contributed by atoms with E-state index in [2.05, 4.69) is 15.9 Å². The number of esters is 1. The summed E-state index contributed by atoms with van der Waals surface area (Å²) in [6.07, 6.45) is -4.02. The number of ether oxygens (including phenoxy) is 3. The van der Waals surface area contributed by atoms with Crippen LogP contribution in [-0.4, -0.2) is 17.1 Å². The first-order chi connectivity index (χ1) is 24.1. The molecule has 7 nitrogen and oxygen atoms in total. The zero-order valence-corrected chi connectivity index (χ0v) is 31.2. The van der Waals surface area contributed by atoms with E-state index in [1.165, 1.54) is 0 Å². The number of para-hydroxylation sites is 1. The molecule has 1 aromatic heterocycles. The second-order valence-corrected chi connectivity index (χ2v) is 14.0. The monoisotopic (exact) mass is 821 g/mol. The van der Waals surface area contributed by atoms with Crippen molar-refractivity contribution in [1.82, 2.24) is 4.57 Å². The fraction of sp³-hybridized carbons (Fsp3) is 0.270. The SMILES string of the molecule is CC1(C)[C@H](C(=O)OC(C#N)c2cccc(Oc3ccccc3)c2)[C@@H]1C=C(Cl)Cl.CCOCn1c(-c2ccc(Cl)cc2)c(C#N)c(Br)c1C(F)(F)F. The highest BCUT2D eigenvalue weighted by Crippen LogP contribution is 2.60. The Balaban J connectivity index is 0.000000233. The summed E-state index contributed by atoms with van der Waals surface area (Å²) in [7, 11) is 0. The topological polar surface area (TPSA) is 97.3 Å². The van der Waals surface area contributed by atoms with Crippen LogP contribution in [-0.2, 0) is 27.2 Å². The molecule has 1 aliphatic carbocycles. The van der Waals surface area contributed by atoms with Gasteiger partial charge in [0.25, 0.3) is 0 Å². The molecule has 3 atom stereocenters. The van der Waals surface area contributed by atoms with Crippen LogP contribution in [0.25, 0.3) is 11.3 Å². The Morgan fingerprint density at radius 1 is 1.04 bits per heavy atom. The van der Waals surface area contributed by atoms with Gasteiger partial charge in [-0.1, -0.05) is 91.1 Å². The summed E-state index contributed by atoms with van der Waals surface area (Å²) in [6, 6.07) is 26.4. The zero-order valence-electron chi connectivity index (χ0n) is 27.3. The molecule has 5 rings (SSSR count). The summed E-state index contributed by atoms with van der Waals surface area (Å²) in [4.78, 5) is 12.6. The van der Waals surface area contributed by atoms with Gasteiger partial charge in [0.2, 0.25) is 6.10 Å². The Morgan fingerprint density at radius 2 is 1.69 bits per heavy atom. The number of nitriles is 2. The van der Waals surface area contributed by atoms with Crippen LogP contribution in [0, 0.1) is 39.9 Å². The van der Waals surface area contributed by atoms with Crippen molar-refractivity contribution in [2.24, 2.45) is 17.3 Å². The number of carbonyl (C=O) groups excluding carboxylic acids is 1. The van der Waals surface area contributed by atoms with E-state index in [1.807, 2.05) is 56.3 Å². The summed E-state index contributed by atoms with van der Waals surface area (Å²) in [5, 5.41) is 19.3. The second kappa shape index (κ2) is 17.0. The molecular formula is C37H30BrCl3F3N3O4. The van der Waals surface area contributed by atoms with Crippen LogP contribution in [0.1, 0.15) is 43.7 Å². The van der Waals surface area contributed by atoms with Gasteiger partial charge in [0.05, 0.1) is 21.6 Å². The number of hydrogen-bond acceptors (Lipinski definition) is 6. The van der Waals surface area contributed by atoms with Crippen molar-refractivity contribution in [2.75, 3.05) is 6.61 Å². The Labute approximate surface area is 316 Å². The van der Waals surface area contributed by atoms with Gasteiger partial charge in [-0.05, 0) is 82.2 Å². The van der Waals surface area contributed by atoms with E-state index in [1.54, 1.807) is 61.5 Å². The van der Waals surface area contributed by atoms with Crippen LogP contribution in [0.5, 0.6) is 11.5 Å². The van der Waals surface area contributed by atoms with E-state index >= 15 is 0 Å². The standard InChI is InChI=1S/C22H19Cl2NO3.C15H11BrClF3N2O/c1-22(2)17(12-19(23)24)20(22)21(26)28-18(13-25)14-7-6-10-16(11-14)27-15-8-4-3-5-9-15;1-2-23-8-22-13(9-3-5-10(17)6-4-9)11(7-21)12(16)14(22)15(18,19)20/h3-12,17-18,20H,1-2H3;3-6H,2,8H2,1H3/t17-,18?,20-;/m0./s1. The quantitative estimate of drug-likeness (QED) is 0.148. The Bertz CT molecular complexity index is 1970. The maximum absolute atomic E-state index is 13.4. The molecule has 0 saturated heterocycles. The molecule has 0 radical (unpaired) electrons. The first-order valence-electron chi connectivity index (χ1n) is 15.3. The molecule has 266 valence electrons. The lowest BCUT2D eigenvalue weighted by Crippen LogP contribution is -2.16. The third kappa shape index (κ3) is 9.68. The van der Waals surface area contributed by atoms with E-state index in [-0.39, 0.29) is 50.8 Å². The fourth-order valence-electron chi connectivity index (χ4n) is 5.49. The Hall–Kier alpha value is -3.97. The molecule has 14 heteroatoms. The lowest BCUT2D eigenvalue weighted by Gasteiger charge is -2.15. The number of nitrogens with zero attached hydrogens (tertiary/aromatic N) is 3. The number of benzene rings is 3. The first-order valence-corrected chi connectivity index (χ1v) is 17.2. The van der Waals surface area contributed by atoms with Crippen molar-refractivity contribution in [1.29, 1.82) is 10.5 Å². The van der Waals surface area contributed by atoms with Crippen LogP contribution >= 0.6 is 50.7 Å². The molecule has 1 aliphatic rings. The molecule has 1 unspecified atom stereocenters. The van der Waals surface area contributed by atoms with E-state index < -0.39 is 23.9 Å². The van der Waals surface area contributed by atoms with Crippen LogP contribution in [0.3, 0.4) is 0 Å². The van der Waals surface area contributed by atoms with Gasteiger partial charge in [-0.2, -0.15) is 23.7 Å². The summed E-state index contributed by atoms with van der Waals surface area (Å²) in [6.45, 7) is 5.48. The molecule has 0 N–H and O–H groups in total. The average molecular weight is 824 g/mol. The molecule has 51 heavy (non-hydrogen) atoms. The van der Waals surface area contributed by atoms with Gasteiger partial charge in [-0.25, -0.2) is 0 Å². The van der Waals surface area contributed by atoms with E-state index in [4.69, 9.17) is 49.0 Å². The maximum atomic E-state index is 13.4. The highest BCUT2D eigenvalue weighted by Gasteiger charge is 2.62.